The van der Waals surface area contributed by atoms with Crippen LogP contribution in [0.1, 0.15) is 25.7 Å². The molecule has 2 bridgehead atoms. The maximum absolute atomic E-state index is 16.4. The van der Waals surface area contributed by atoms with Crippen molar-refractivity contribution in [1.29, 1.82) is 0 Å². The van der Waals surface area contributed by atoms with Gasteiger partial charge in [-0.05, 0) is 56.0 Å². The molecule has 0 aliphatic carbocycles. The summed E-state index contributed by atoms with van der Waals surface area (Å²) in [5, 5.41) is 3.68. The molecule has 2 aromatic carbocycles. The Bertz CT molecular complexity index is 2130. The van der Waals surface area contributed by atoms with Crippen LogP contribution in [0.25, 0.3) is 21.8 Å². The fourth-order valence-corrected chi connectivity index (χ4v) is 10.8. The molecule has 0 spiro atoms. The number of alkyl halides is 2. The summed E-state index contributed by atoms with van der Waals surface area (Å²) >= 11 is 1.21. The fraction of sp³-hybridized carbons (Fsp3) is 0.406. The van der Waals surface area contributed by atoms with Gasteiger partial charge < -0.3 is 10.2 Å². The second-order valence-electron chi connectivity index (χ2n) is 12.7. The predicted molar refractivity (Wildman–Crippen MR) is 183 cm³/mol. The van der Waals surface area contributed by atoms with Crippen LogP contribution in [0.3, 0.4) is 0 Å². The van der Waals surface area contributed by atoms with Crippen LogP contribution in [-0.4, -0.2) is 92.4 Å². The Hall–Kier alpha value is -3.94. The van der Waals surface area contributed by atoms with Crippen LogP contribution >= 0.6 is 11.3 Å². The van der Waals surface area contributed by atoms with E-state index in [1.165, 1.54) is 29.7 Å². The van der Waals surface area contributed by atoms with Crippen molar-refractivity contribution in [1.82, 2.24) is 19.9 Å². The van der Waals surface area contributed by atoms with Gasteiger partial charge in [0.2, 0.25) is 5.95 Å². The zero-order valence-electron chi connectivity index (χ0n) is 26.8. The van der Waals surface area contributed by atoms with Crippen molar-refractivity contribution in [3.63, 3.8) is 0 Å². The zero-order valence-corrected chi connectivity index (χ0v) is 29.2. The van der Waals surface area contributed by atoms with Crippen molar-refractivity contribution in [2.24, 2.45) is 0 Å². The molecule has 3 fully saturated rings. The maximum atomic E-state index is 16.4. The summed E-state index contributed by atoms with van der Waals surface area (Å²) in [6, 6.07) is 7.57. The number of sulfone groups is 1. The number of nitrogens with zero attached hydrogens (tertiary/aromatic N) is 5. The molecule has 272 valence electrons. The van der Waals surface area contributed by atoms with Crippen molar-refractivity contribution in [2.75, 3.05) is 46.1 Å². The molecule has 2 atom stereocenters. The van der Waals surface area contributed by atoms with Gasteiger partial charge in [-0.25, -0.2) is 53.7 Å². The summed E-state index contributed by atoms with van der Waals surface area (Å²) < 4.78 is 124. The number of piperazine rings is 1. The second kappa shape index (κ2) is 13.9. The van der Waals surface area contributed by atoms with Gasteiger partial charge in [0.15, 0.2) is 15.8 Å². The summed E-state index contributed by atoms with van der Waals surface area (Å²) in [4.78, 5) is 16.7. The zero-order chi connectivity index (χ0) is 36.1. The van der Waals surface area contributed by atoms with E-state index in [9.17, 15) is 34.4 Å². The van der Waals surface area contributed by atoms with Gasteiger partial charge >= 0.3 is 0 Å². The first-order valence-electron chi connectivity index (χ1n) is 16.1. The molecule has 11 nitrogen and oxygen atoms in total. The predicted octanol–water partition coefficient (Wildman–Crippen LogP) is 5.39. The minimum Gasteiger partial charge on any atom is -0.351 e. The molecule has 0 radical (unpaired) electrons. The lowest BCUT2D eigenvalue weighted by atomic mass is 10.1. The topological polar surface area (TPSA) is 137 Å². The van der Waals surface area contributed by atoms with E-state index in [2.05, 4.69) is 20.2 Å². The molecule has 2 N–H and O–H groups in total. The van der Waals surface area contributed by atoms with Crippen LogP contribution in [0.15, 0.2) is 53.6 Å². The van der Waals surface area contributed by atoms with Crippen LogP contribution in [0, 0.1) is 17.5 Å². The van der Waals surface area contributed by atoms with Crippen LogP contribution < -0.4 is 14.9 Å². The standard InChI is InChI=1S/C32H32F5N7O4S3/c33-22-4-2-5-23(34)30(22)51(47,48)42-24-6-1-3-21(27(24)37)28-29(25-9-12-38-31(40-25)39-18-10-13-50(45,46)14-11-18)49-32(41-28)44-19-7-8-20(44)16-43(15-19)17-26(35)36/h1-6,9,12,18-20,26,42H,7-8,10-11,13-17H2,(H,38,39,40). The van der Waals surface area contributed by atoms with Gasteiger partial charge in [0.05, 0.1) is 40.0 Å². The first-order valence-corrected chi connectivity index (χ1v) is 20.3. The summed E-state index contributed by atoms with van der Waals surface area (Å²) in [5.74, 6) is -3.48. The highest BCUT2D eigenvalue weighted by atomic mass is 32.2. The van der Waals surface area contributed by atoms with Gasteiger partial charge in [-0.1, -0.05) is 23.5 Å². The van der Waals surface area contributed by atoms with Crippen LogP contribution in [0.5, 0.6) is 0 Å². The van der Waals surface area contributed by atoms with Gasteiger partial charge in [-0.15, -0.1) is 0 Å². The average molecular weight is 770 g/mol. The number of halogens is 5. The van der Waals surface area contributed by atoms with Gasteiger partial charge in [-0.2, -0.15) is 0 Å². The van der Waals surface area contributed by atoms with Crippen molar-refractivity contribution in [3.05, 3.63) is 66.1 Å². The third-order valence-electron chi connectivity index (χ3n) is 9.25. The Morgan fingerprint density at radius 3 is 2.25 bits per heavy atom. The number of hydrogen-bond donors (Lipinski definition) is 2. The molecule has 0 amide bonds. The number of hydrogen-bond acceptors (Lipinski definition) is 11. The number of aromatic nitrogens is 3. The minimum atomic E-state index is -4.91. The number of likely N-dealkylation sites (tertiary alicyclic amines) is 1. The van der Waals surface area contributed by atoms with Gasteiger partial charge in [0.1, 0.15) is 21.5 Å². The molecule has 19 heteroatoms. The smallest absolute Gasteiger partial charge is 0.267 e. The Kier molecular flexibility index (Phi) is 9.66. The molecular weight excluding hydrogens is 738 g/mol. The summed E-state index contributed by atoms with van der Waals surface area (Å²) in [6.07, 6.45) is 1.24. The minimum absolute atomic E-state index is 0.0303. The van der Waals surface area contributed by atoms with E-state index >= 15 is 4.39 Å². The van der Waals surface area contributed by atoms with Crippen molar-refractivity contribution in [3.8, 4) is 21.8 Å². The van der Waals surface area contributed by atoms with Crippen molar-refractivity contribution in [2.45, 2.75) is 55.1 Å². The summed E-state index contributed by atoms with van der Waals surface area (Å²) in [5.41, 5.74) is -0.254. The lowest BCUT2D eigenvalue weighted by molar-refractivity contribution is 0.0771. The van der Waals surface area contributed by atoms with E-state index in [-0.39, 0.29) is 53.4 Å². The van der Waals surface area contributed by atoms with Gasteiger partial charge in [-0.3, -0.25) is 9.62 Å². The number of nitrogens with one attached hydrogen (secondary N) is 2. The highest BCUT2D eigenvalue weighted by molar-refractivity contribution is 7.92. The molecule has 3 aliphatic rings. The Balaban J connectivity index is 1.27. The monoisotopic (exact) mass is 769 g/mol. The Labute approximate surface area is 294 Å². The van der Waals surface area contributed by atoms with Gasteiger partial charge in [0.25, 0.3) is 16.4 Å². The third kappa shape index (κ3) is 7.38. The normalized spacial score (nSPS) is 20.9. The largest absolute Gasteiger partial charge is 0.351 e. The molecule has 5 heterocycles. The van der Waals surface area contributed by atoms with Crippen molar-refractivity contribution >= 4 is 48.0 Å². The summed E-state index contributed by atoms with van der Waals surface area (Å²) in [6.45, 7) is 0.438. The molecule has 7 rings (SSSR count). The number of fused-ring (bicyclic) bond motifs is 2. The number of anilines is 3. The molecule has 4 aromatic rings. The quantitative estimate of drug-likeness (QED) is 0.202. The van der Waals surface area contributed by atoms with E-state index in [1.54, 1.807) is 11.0 Å². The lowest BCUT2D eigenvalue weighted by Crippen LogP contribution is -2.54. The first kappa shape index (κ1) is 35.5. The molecule has 2 unspecified atom stereocenters. The number of rotatable bonds is 10. The fourth-order valence-electron chi connectivity index (χ4n) is 6.92. The summed E-state index contributed by atoms with van der Waals surface area (Å²) in [7, 11) is -8.01. The maximum Gasteiger partial charge on any atom is 0.267 e. The van der Waals surface area contributed by atoms with Crippen LogP contribution in [0.2, 0.25) is 0 Å². The molecule has 0 saturated carbocycles. The van der Waals surface area contributed by atoms with Crippen LogP contribution in [0.4, 0.5) is 38.7 Å². The third-order valence-corrected chi connectivity index (χ3v) is 13.5. The molecule has 3 saturated heterocycles. The number of sulfonamides is 1. The number of thiazole rings is 1. The van der Waals surface area contributed by atoms with E-state index in [4.69, 9.17) is 4.98 Å². The highest BCUT2D eigenvalue weighted by Crippen LogP contribution is 2.45. The first-order chi connectivity index (χ1) is 24.3. The second-order valence-corrected chi connectivity index (χ2v) is 17.6. The average Bonchev–Trinajstić information content (AvgIpc) is 3.61. The van der Waals surface area contributed by atoms with Crippen molar-refractivity contribution < 1.29 is 38.8 Å². The van der Waals surface area contributed by atoms with Gasteiger partial charge in [0, 0.05) is 43.0 Å². The highest BCUT2D eigenvalue weighted by Gasteiger charge is 2.42. The molecule has 51 heavy (non-hydrogen) atoms. The molecular formula is C32H32F5N7O4S3. The Morgan fingerprint density at radius 1 is 0.922 bits per heavy atom. The lowest BCUT2D eigenvalue weighted by Gasteiger charge is -2.40. The van der Waals surface area contributed by atoms with E-state index in [0.717, 1.165) is 37.1 Å². The molecule has 2 aromatic heterocycles. The van der Waals surface area contributed by atoms with E-state index in [1.807, 2.05) is 4.72 Å². The van der Waals surface area contributed by atoms with E-state index in [0.29, 0.717) is 41.6 Å². The molecule has 3 aliphatic heterocycles. The SMILES string of the molecule is O=S1(=O)CCC(Nc2nccc(-c3sc(N4C5CCC4CN(CC(F)F)C5)nc3-c3cccc(NS(=O)(=O)c4c(F)cccc4F)c3F)n2)CC1. The van der Waals surface area contributed by atoms with E-state index < -0.39 is 54.3 Å². The number of benzene rings is 2. The Morgan fingerprint density at radius 2 is 1.59 bits per heavy atom. The van der Waals surface area contributed by atoms with Crippen LogP contribution in [-0.2, 0) is 19.9 Å².